The fourth-order valence-corrected chi connectivity index (χ4v) is 1.51. The zero-order valence-corrected chi connectivity index (χ0v) is 10.7. The number of hydrogen-bond donors (Lipinski definition) is 2. The number of anilines is 1. The number of likely N-dealkylation sites (N-methyl/N-ethyl adjacent to an activating group) is 1. The van der Waals surface area contributed by atoms with Crippen molar-refractivity contribution in [3.05, 3.63) is 30.3 Å². The lowest BCUT2D eigenvalue weighted by atomic mass is 10.0. The molecule has 1 atom stereocenters. The summed E-state index contributed by atoms with van der Waals surface area (Å²) in [5.41, 5.74) is 0.836. The number of para-hydroxylation sites is 1. The molecule has 3 nitrogen and oxygen atoms in total. The second-order valence-electron chi connectivity index (χ2n) is 3.87. The van der Waals surface area contributed by atoms with Crippen LogP contribution in [0.25, 0.3) is 0 Å². The van der Waals surface area contributed by atoms with Gasteiger partial charge in [0.05, 0.1) is 6.04 Å². The van der Waals surface area contributed by atoms with E-state index in [4.69, 9.17) is 0 Å². The van der Waals surface area contributed by atoms with Crippen molar-refractivity contribution in [2.24, 2.45) is 5.92 Å². The lowest BCUT2D eigenvalue weighted by Crippen LogP contribution is -2.42. The highest BCUT2D eigenvalue weighted by Crippen LogP contribution is 2.08. The Morgan fingerprint density at radius 2 is 1.75 bits per heavy atom. The van der Waals surface area contributed by atoms with Gasteiger partial charge in [-0.15, -0.1) is 12.4 Å². The largest absolute Gasteiger partial charge is 0.325 e. The van der Waals surface area contributed by atoms with Gasteiger partial charge in [0.1, 0.15) is 0 Å². The highest BCUT2D eigenvalue weighted by molar-refractivity contribution is 5.94. The van der Waals surface area contributed by atoms with Crippen LogP contribution in [0.3, 0.4) is 0 Å². The second kappa shape index (κ2) is 7.25. The molecular weight excluding hydrogens is 224 g/mol. The van der Waals surface area contributed by atoms with E-state index in [0.717, 1.165) is 5.69 Å². The normalized spacial score (nSPS) is 11.8. The Bertz CT molecular complexity index is 314. The topological polar surface area (TPSA) is 41.1 Å². The molecule has 0 aromatic heterocycles. The molecule has 1 rings (SSSR count). The molecule has 16 heavy (non-hydrogen) atoms. The Balaban J connectivity index is 0.00000225. The van der Waals surface area contributed by atoms with Gasteiger partial charge < -0.3 is 10.6 Å². The van der Waals surface area contributed by atoms with E-state index in [2.05, 4.69) is 10.6 Å². The minimum Gasteiger partial charge on any atom is -0.325 e. The highest BCUT2D eigenvalue weighted by Gasteiger charge is 2.19. The van der Waals surface area contributed by atoms with E-state index in [1.54, 1.807) is 7.05 Å². The Morgan fingerprint density at radius 1 is 1.19 bits per heavy atom. The monoisotopic (exact) mass is 242 g/mol. The molecule has 2 N–H and O–H groups in total. The standard InChI is InChI=1S/C12H18N2O.ClH/c1-9(2)11(13-3)12(15)14-10-7-5-4-6-8-10;/h4-9,11,13H,1-3H3,(H,14,15);1H/t11-;/m1./s1. The van der Waals surface area contributed by atoms with Gasteiger partial charge in [-0.3, -0.25) is 4.79 Å². The quantitative estimate of drug-likeness (QED) is 0.851. The van der Waals surface area contributed by atoms with Gasteiger partial charge in [0, 0.05) is 5.69 Å². The third kappa shape index (κ3) is 4.21. The molecule has 0 aliphatic rings. The van der Waals surface area contributed by atoms with Gasteiger partial charge in [-0.2, -0.15) is 0 Å². The first-order valence-electron chi connectivity index (χ1n) is 5.18. The summed E-state index contributed by atoms with van der Waals surface area (Å²) >= 11 is 0. The third-order valence-electron chi connectivity index (χ3n) is 2.30. The maximum Gasteiger partial charge on any atom is 0.241 e. The minimum absolute atomic E-state index is 0. The van der Waals surface area contributed by atoms with Crippen molar-refractivity contribution in [1.29, 1.82) is 0 Å². The number of halogens is 1. The van der Waals surface area contributed by atoms with E-state index >= 15 is 0 Å². The van der Waals surface area contributed by atoms with Crippen LogP contribution < -0.4 is 10.6 Å². The number of carbonyl (C=O) groups is 1. The van der Waals surface area contributed by atoms with Crippen molar-refractivity contribution < 1.29 is 4.79 Å². The van der Waals surface area contributed by atoms with Crippen LogP contribution in [0.1, 0.15) is 13.8 Å². The van der Waals surface area contributed by atoms with E-state index in [0.29, 0.717) is 0 Å². The van der Waals surface area contributed by atoms with Crippen LogP contribution in [0.5, 0.6) is 0 Å². The first kappa shape index (κ1) is 14.9. The van der Waals surface area contributed by atoms with Crippen LogP contribution in [-0.4, -0.2) is 19.0 Å². The van der Waals surface area contributed by atoms with Gasteiger partial charge in [-0.25, -0.2) is 0 Å². The van der Waals surface area contributed by atoms with Gasteiger partial charge in [-0.1, -0.05) is 32.0 Å². The van der Waals surface area contributed by atoms with Gasteiger partial charge in [0.25, 0.3) is 0 Å². The maximum absolute atomic E-state index is 11.8. The molecule has 0 radical (unpaired) electrons. The molecule has 4 heteroatoms. The molecule has 0 heterocycles. The van der Waals surface area contributed by atoms with E-state index in [9.17, 15) is 4.79 Å². The highest BCUT2D eigenvalue weighted by atomic mass is 35.5. The van der Waals surface area contributed by atoms with Crippen molar-refractivity contribution >= 4 is 24.0 Å². The van der Waals surface area contributed by atoms with Crippen molar-refractivity contribution in [3.8, 4) is 0 Å². The van der Waals surface area contributed by atoms with Gasteiger partial charge in [0.15, 0.2) is 0 Å². The third-order valence-corrected chi connectivity index (χ3v) is 2.30. The van der Waals surface area contributed by atoms with Crippen molar-refractivity contribution in [2.75, 3.05) is 12.4 Å². The summed E-state index contributed by atoms with van der Waals surface area (Å²) in [7, 11) is 1.80. The molecule has 0 saturated carbocycles. The molecule has 1 amide bonds. The number of hydrogen-bond acceptors (Lipinski definition) is 2. The van der Waals surface area contributed by atoms with Crippen LogP contribution in [0.2, 0.25) is 0 Å². The van der Waals surface area contributed by atoms with Crippen molar-refractivity contribution in [3.63, 3.8) is 0 Å². The average Bonchev–Trinajstić information content (AvgIpc) is 2.19. The van der Waals surface area contributed by atoms with Gasteiger partial charge in [0.2, 0.25) is 5.91 Å². The number of carbonyl (C=O) groups excluding carboxylic acids is 1. The van der Waals surface area contributed by atoms with Crippen LogP contribution in [0.4, 0.5) is 5.69 Å². The molecule has 0 fully saturated rings. The minimum atomic E-state index is -0.148. The molecule has 1 aromatic carbocycles. The van der Waals surface area contributed by atoms with Crippen molar-refractivity contribution in [1.82, 2.24) is 5.32 Å². The number of benzene rings is 1. The SMILES string of the molecule is CN[C@@H](C(=O)Nc1ccccc1)C(C)C.Cl. The summed E-state index contributed by atoms with van der Waals surface area (Å²) in [6.45, 7) is 4.04. The van der Waals surface area contributed by atoms with E-state index < -0.39 is 0 Å². The lowest BCUT2D eigenvalue weighted by molar-refractivity contribution is -0.118. The predicted octanol–water partition coefficient (Wildman–Crippen LogP) is 2.29. The molecule has 0 aliphatic carbocycles. The molecule has 1 aromatic rings. The average molecular weight is 243 g/mol. The Kier molecular flexibility index (Phi) is 6.77. The van der Waals surface area contributed by atoms with E-state index in [-0.39, 0.29) is 30.3 Å². The summed E-state index contributed by atoms with van der Waals surface area (Å²) in [6, 6.07) is 9.34. The van der Waals surface area contributed by atoms with E-state index in [1.165, 1.54) is 0 Å². The molecule has 90 valence electrons. The zero-order valence-electron chi connectivity index (χ0n) is 9.86. The molecule has 0 unspecified atom stereocenters. The molecular formula is C12H19ClN2O. The van der Waals surface area contributed by atoms with Crippen LogP contribution in [0.15, 0.2) is 30.3 Å². The molecule has 0 spiro atoms. The fraction of sp³-hybridized carbons (Fsp3) is 0.417. The van der Waals surface area contributed by atoms with Crippen molar-refractivity contribution in [2.45, 2.75) is 19.9 Å². The van der Waals surface area contributed by atoms with Gasteiger partial charge in [-0.05, 0) is 25.1 Å². The summed E-state index contributed by atoms with van der Waals surface area (Å²) in [6.07, 6.45) is 0. The fourth-order valence-electron chi connectivity index (χ4n) is 1.51. The number of amides is 1. The summed E-state index contributed by atoms with van der Waals surface area (Å²) in [5.74, 6) is 0.289. The first-order valence-corrected chi connectivity index (χ1v) is 5.18. The molecule has 0 aliphatic heterocycles. The lowest BCUT2D eigenvalue weighted by Gasteiger charge is -2.19. The summed E-state index contributed by atoms with van der Waals surface area (Å²) in [4.78, 5) is 11.8. The Morgan fingerprint density at radius 3 is 2.19 bits per heavy atom. The van der Waals surface area contributed by atoms with E-state index in [1.807, 2.05) is 44.2 Å². The smallest absolute Gasteiger partial charge is 0.241 e. The summed E-state index contributed by atoms with van der Waals surface area (Å²) < 4.78 is 0. The van der Waals surface area contributed by atoms with Gasteiger partial charge >= 0.3 is 0 Å². The maximum atomic E-state index is 11.8. The Labute approximate surface area is 103 Å². The first-order chi connectivity index (χ1) is 7.15. The van der Waals surface area contributed by atoms with Crippen LogP contribution in [0, 0.1) is 5.92 Å². The summed E-state index contributed by atoms with van der Waals surface area (Å²) in [5, 5.41) is 5.88. The number of nitrogens with one attached hydrogen (secondary N) is 2. The second-order valence-corrected chi connectivity index (χ2v) is 3.87. The zero-order chi connectivity index (χ0) is 11.3. The molecule has 0 bridgehead atoms. The van der Waals surface area contributed by atoms with Crippen LogP contribution in [-0.2, 0) is 4.79 Å². The molecule has 0 saturated heterocycles. The van der Waals surface area contributed by atoms with Crippen LogP contribution >= 0.6 is 12.4 Å². The number of rotatable bonds is 4. The predicted molar refractivity (Wildman–Crippen MR) is 70.0 cm³/mol. The Hall–Kier alpha value is -1.06.